The highest BCUT2D eigenvalue weighted by molar-refractivity contribution is 5.93. The second kappa shape index (κ2) is 58.3. The van der Waals surface area contributed by atoms with Crippen LogP contribution in [-0.4, -0.2) is 0 Å². The van der Waals surface area contributed by atoms with Crippen molar-refractivity contribution in [1.82, 2.24) is 0 Å². The molecule has 0 atom stereocenters. The van der Waals surface area contributed by atoms with E-state index in [1.165, 1.54) is 184 Å². The first-order valence-corrected chi connectivity index (χ1v) is 41.3. The quantitative estimate of drug-likeness (QED) is 0.0751. The van der Waals surface area contributed by atoms with Crippen molar-refractivity contribution in [2.45, 2.75) is 0 Å². The van der Waals surface area contributed by atoms with E-state index in [1.54, 1.807) is 0 Å². The van der Waals surface area contributed by atoms with E-state index in [0.29, 0.717) is 0 Å². The van der Waals surface area contributed by atoms with Crippen molar-refractivity contribution in [3.63, 3.8) is 0 Å². The normalized spacial score (nSPS) is 9.43. The van der Waals surface area contributed by atoms with Crippen LogP contribution in [0.1, 0.15) is 0 Å². The van der Waals surface area contributed by atoms with Crippen LogP contribution >= 0.6 is 0 Å². The van der Waals surface area contributed by atoms with Crippen molar-refractivity contribution in [2.24, 2.45) is 0 Å². The Labute approximate surface area is 799 Å². The van der Waals surface area contributed by atoms with Crippen molar-refractivity contribution in [3.8, 4) is 200 Å². The van der Waals surface area contributed by atoms with Crippen molar-refractivity contribution in [1.29, 1.82) is 0 Å². The molecule has 0 heterocycles. The Balaban J connectivity index is 0. The summed E-state index contributed by atoms with van der Waals surface area (Å²) in [7, 11) is 0. The predicted molar refractivity (Wildman–Crippen MR) is 561 cm³/mol. The molecule has 0 nitrogen and oxygen atoms in total. The van der Waals surface area contributed by atoms with Crippen LogP contribution in [0.4, 0.5) is 94.1 Å². The zero-order valence-corrected chi connectivity index (χ0v) is 74.7. The zero-order valence-electron chi connectivity index (χ0n) is 74.7. The highest BCUT2D eigenvalue weighted by atomic mass is 19.0. The van der Waals surface area contributed by atoms with Crippen LogP contribution < -0.4 is 0 Å². The summed E-state index contributed by atoms with van der Waals surface area (Å²) in [6.45, 7) is 0. The summed E-state index contributed by atoms with van der Waals surface area (Å²) in [5.41, 5.74) is 42.8. The van der Waals surface area contributed by atoms with Crippen molar-refractivity contribution in [2.75, 3.05) is 0 Å². The van der Waals surface area contributed by atoms with Gasteiger partial charge in [-0.25, -0.2) is 0 Å². The van der Waals surface area contributed by atoms with Crippen molar-refractivity contribution >= 4 is 0 Å². The molecular formula is C120H104F20. The highest BCUT2D eigenvalue weighted by Gasteiger charge is 2.19. The molecule has 0 amide bonds. The number of benzene rings is 20. The first-order chi connectivity index (χ1) is 59.4. The zero-order chi connectivity index (χ0) is 80.2. The van der Waals surface area contributed by atoms with Gasteiger partial charge in [-0.3, -0.25) is 94.1 Å². The summed E-state index contributed by atoms with van der Waals surface area (Å²) in [5.74, 6) is 0. The molecule has 0 aliphatic carbocycles. The predicted octanol–water partition coefficient (Wildman–Crippen LogP) is 36.4. The number of hydrogen-bond acceptors (Lipinski definition) is 0. The molecule has 0 saturated carbocycles. The summed E-state index contributed by atoms with van der Waals surface area (Å²) in [6.07, 6.45) is 0. The van der Waals surface area contributed by atoms with Crippen molar-refractivity contribution in [3.05, 3.63) is 510 Å². The molecule has 0 spiro atoms. The molecule has 0 bridgehead atoms. The lowest BCUT2D eigenvalue weighted by molar-refractivity contribution is 1.11. The first kappa shape index (κ1) is 125. The average Bonchev–Trinajstić information content (AvgIpc) is 0.770. The van der Waals surface area contributed by atoms with E-state index in [4.69, 9.17) is 0 Å². The minimum absolute atomic E-state index is 0. The molecule has 20 heteroatoms. The molecule has 20 aromatic carbocycles. The van der Waals surface area contributed by atoms with Crippen LogP contribution in [0.5, 0.6) is 0 Å². The fourth-order valence-electron chi connectivity index (χ4n) is 16.5. The molecule has 20 rings (SSSR count). The van der Waals surface area contributed by atoms with Crippen LogP contribution in [0.15, 0.2) is 510 Å². The molecule has 0 unspecified atom stereocenters. The molecule has 20 aromatic rings. The maximum Gasteiger partial charge on any atom is -0.0171 e. The van der Waals surface area contributed by atoms with Gasteiger partial charge in [-0.1, -0.05) is 400 Å². The number of rotatable bonds is 18. The van der Waals surface area contributed by atoms with E-state index in [1.807, 2.05) is 0 Å². The Hall–Kier alpha value is -17.0. The third kappa shape index (κ3) is 28.6. The maximum atomic E-state index is 2.39. The monoisotopic (exact) mass is 1920 g/mol. The van der Waals surface area contributed by atoms with Crippen molar-refractivity contribution < 1.29 is 94.1 Å². The number of halogens is 20. The minimum Gasteiger partial charge on any atom is -0.269 e. The molecule has 0 aliphatic heterocycles. The third-order valence-corrected chi connectivity index (χ3v) is 22.9. The lowest BCUT2D eigenvalue weighted by atomic mass is 9.87. The summed E-state index contributed by atoms with van der Waals surface area (Å²) < 4.78 is 0. The van der Waals surface area contributed by atoms with E-state index < -0.39 is 0 Å². The van der Waals surface area contributed by atoms with Gasteiger partial charge in [-0.15, -0.1) is 0 Å². The van der Waals surface area contributed by atoms with Gasteiger partial charge in [0, 0.05) is 0 Å². The van der Waals surface area contributed by atoms with Gasteiger partial charge in [0.1, 0.15) is 0 Å². The molecule has 0 saturated heterocycles. The molecule has 0 radical (unpaired) electrons. The van der Waals surface area contributed by atoms with E-state index in [0.717, 1.165) is 16.7 Å². The SMILES string of the molecule is F.F.F.F.F.F.F.F.F.F.F.F.F.F.F.F.F.F.F.F.c1ccc(-c2cc(-c3ccccc3)cc(-c3cc(-c4cc(-c5ccccc5)cc(-c5ccccc5)c4)cc(-c4cc(-c5ccccc5)cc(-c5ccccc5)c4)c3)c2)cc1.c1ccc(-c2ccc(-c3cc(-c4ccc(-c5ccccc5)cc4)cc(-c4cc(-c5ccc(-c6ccccc6)cc5)cc(-c5ccc(-c6ccccc6)cc5)c4)c3)cc2)cc1. The van der Waals surface area contributed by atoms with Gasteiger partial charge < -0.3 is 0 Å². The molecule has 0 N–H and O–H groups in total. The number of hydrogen-bond donors (Lipinski definition) is 0. The van der Waals surface area contributed by atoms with Gasteiger partial charge in [0.2, 0.25) is 0 Å². The van der Waals surface area contributed by atoms with E-state index in [2.05, 4.69) is 510 Å². The molecule has 140 heavy (non-hydrogen) atoms. The van der Waals surface area contributed by atoms with Crippen LogP contribution in [0.25, 0.3) is 200 Å². The Morgan fingerprint density at radius 3 is 0.179 bits per heavy atom. The maximum absolute atomic E-state index is 2.39. The van der Waals surface area contributed by atoms with Crippen LogP contribution in [0.3, 0.4) is 0 Å². The minimum atomic E-state index is 0. The Morgan fingerprint density at radius 1 is 0.0500 bits per heavy atom. The lowest BCUT2D eigenvalue weighted by Crippen LogP contribution is -1.91. The van der Waals surface area contributed by atoms with Gasteiger partial charge in [0.05, 0.1) is 0 Å². The van der Waals surface area contributed by atoms with Crippen LogP contribution in [0, 0.1) is 0 Å². The van der Waals surface area contributed by atoms with E-state index >= 15 is 0 Å². The van der Waals surface area contributed by atoms with Gasteiger partial charge in [0.25, 0.3) is 0 Å². The fourth-order valence-corrected chi connectivity index (χ4v) is 16.5. The topological polar surface area (TPSA) is 0 Å². The smallest absolute Gasteiger partial charge is 0.0171 e. The van der Waals surface area contributed by atoms with E-state index in [9.17, 15) is 0 Å². The second-order valence-electron chi connectivity index (χ2n) is 30.8. The van der Waals surface area contributed by atoms with Crippen LogP contribution in [-0.2, 0) is 0 Å². The van der Waals surface area contributed by atoms with Gasteiger partial charge in [0.15, 0.2) is 0 Å². The molecule has 0 aromatic heterocycles. The molecular weight excluding hydrogens is 1820 g/mol. The summed E-state index contributed by atoms with van der Waals surface area (Å²) in [4.78, 5) is 0. The van der Waals surface area contributed by atoms with Gasteiger partial charge in [-0.05, 0) is 309 Å². The van der Waals surface area contributed by atoms with Gasteiger partial charge in [-0.2, -0.15) is 0 Å². The Kier molecular flexibility index (Phi) is 52.1. The average molecular weight is 1930 g/mol. The highest BCUT2D eigenvalue weighted by Crippen LogP contribution is 2.44. The Bertz CT molecular complexity index is 6000. The van der Waals surface area contributed by atoms with E-state index in [-0.39, 0.29) is 94.1 Å². The summed E-state index contributed by atoms with van der Waals surface area (Å²) in [5, 5.41) is 0. The van der Waals surface area contributed by atoms with Crippen LogP contribution in [0.2, 0.25) is 0 Å². The first-order valence-electron chi connectivity index (χ1n) is 41.3. The lowest BCUT2D eigenvalue weighted by Gasteiger charge is -2.17. The molecule has 0 aliphatic rings. The summed E-state index contributed by atoms with van der Waals surface area (Å²) >= 11 is 0. The molecule has 0 fully saturated rings. The van der Waals surface area contributed by atoms with Gasteiger partial charge >= 0.3 is 0 Å². The Morgan fingerprint density at radius 2 is 0.100 bits per heavy atom. The second-order valence-corrected chi connectivity index (χ2v) is 30.8. The standard InChI is InChI=1S/2C60H42.20FH/c1-7-19-43(20-8-1)49-31-50(44-21-9-2-10-22-44)35-55(34-49)58-40-59(56-36-51(45-23-11-3-12-24-45)32-52(37-56)46-25-13-4-14-26-46)42-60(41-58)57-38-53(47-27-15-5-16-28-47)33-54(39-57)48-29-17-6-18-30-48;1-5-13-43(14-6-1)47-21-29-51(30-22-47)55-37-56(52-31-23-48(24-32-52)44-15-7-2-8-16-44)40-59(39-55)60-41-57(53-33-25-49(26-34-53)45-17-9-3-10-18-45)38-58(42-60)54-35-27-50(28-36-54)46-19-11-4-12-20-46;;;;;;;;;;;;;;;;;;;;/h2*1-42H;20*1H. The molecule has 724 valence electrons. The third-order valence-electron chi connectivity index (χ3n) is 22.9. The summed E-state index contributed by atoms with van der Waals surface area (Å²) in [6, 6.07) is 185. The largest absolute Gasteiger partial charge is 0.269 e. The fraction of sp³-hybridized carbons (Fsp3) is 0.